The average Bonchev–Trinajstić information content (AvgIpc) is 2.83. The monoisotopic (exact) mass is 572 g/mol. The van der Waals surface area contributed by atoms with Gasteiger partial charge in [-0.2, -0.15) is 0 Å². The SMILES string of the molecule is NCCC[C@H](N)C(=O)O.N[C@@H](CCC(=O)O)C(=O)O.N[C@@H](CCC(=O)O)C(=O)O.O=C(O)CCC(=O)C(=O)O. The molecule has 19 nitrogen and oxygen atoms in total. The van der Waals surface area contributed by atoms with E-state index in [4.69, 9.17) is 58.7 Å². The van der Waals surface area contributed by atoms with Crippen molar-refractivity contribution in [3.8, 4) is 0 Å². The van der Waals surface area contributed by atoms with Gasteiger partial charge in [-0.25, -0.2) is 4.79 Å². The summed E-state index contributed by atoms with van der Waals surface area (Å²) in [6.45, 7) is 0.501. The lowest BCUT2D eigenvalue weighted by Crippen LogP contribution is -2.30. The molecule has 0 heterocycles. The molecule has 15 N–H and O–H groups in total. The van der Waals surface area contributed by atoms with Crippen molar-refractivity contribution < 1.29 is 74.1 Å². The highest BCUT2D eigenvalue weighted by atomic mass is 16.4. The Morgan fingerprint density at radius 3 is 1.03 bits per heavy atom. The second-order valence-corrected chi connectivity index (χ2v) is 7.25. The van der Waals surface area contributed by atoms with Gasteiger partial charge in [0.25, 0.3) is 0 Å². The summed E-state index contributed by atoms with van der Waals surface area (Å²) in [5.74, 6) is -9.17. The predicted molar refractivity (Wildman–Crippen MR) is 128 cm³/mol. The lowest BCUT2D eigenvalue weighted by Gasteiger charge is -2.02. The zero-order valence-corrected chi connectivity index (χ0v) is 20.8. The first kappa shape index (κ1) is 41.9. The summed E-state index contributed by atoms with van der Waals surface area (Å²) in [5.41, 5.74) is 20.3. The number of carbonyl (C=O) groups is 8. The predicted octanol–water partition coefficient (Wildman–Crippen LogP) is -2.83. The summed E-state index contributed by atoms with van der Waals surface area (Å²) < 4.78 is 0. The summed E-state index contributed by atoms with van der Waals surface area (Å²) in [6, 6.07) is -2.86. The maximum Gasteiger partial charge on any atom is 0.372 e. The number of hydrogen-bond donors (Lipinski definition) is 11. The van der Waals surface area contributed by atoms with Crippen LogP contribution in [0, 0.1) is 0 Å². The zero-order valence-electron chi connectivity index (χ0n) is 20.8. The van der Waals surface area contributed by atoms with Gasteiger partial charge >= 0.3 is 41.8 Å². The van der Waals surface area contributed by atoms with E-state index in [1.54, 1.807) is 0 Å². The number of carboxylic acid groups (broad SMARTS) is 7. The molecule has 0 bridgehead atoms. The topological polar surface area (TPSA) is 382 Å². The van der Waals surface area contributed by atoms with Gasteiger partial charge in [-0.15, -0.1) is 0 Å². The third-order valence-electron chi connectivity index (χ3n) is 3.81. The number of ketones is 1. The van der Waals surface area contributed by atoms with Crippen LogP contribution in [0.25, 0.3) is 0 Å². The van der Waals surface area contributed by atoms with Crippen LogP contribution in [0.15, 0.2) is 0 Å². The van der Waals surface area contributed by atoms with E-state index in [1.807, 2.05) is 0 Å². The highest BCUT2D eigenvalue weighted by molar-refractivity contribution is 6.32. The fourth-order valence-electron chi connectivity index (χ4n) is 1.59. The number of hydrogen-bond acceptors (Lipinski definition) is 12. The molecule has 226 valence electrons. The van der Waals surface area contributed by atoms with Gasteiger partial charge in [-0.05, 0) is 32.2 Å². The molecule has 0 aliphatic carbocycles. The zero-order chi connectivity index (χ0) is 31.7. The van der Waals surface area contributed by atoms with E-state index in [0.29, 0.717) is 19.4 Å². The Morgan fingerprint density at radius 2 is 0.795 bits per heavy atom. The minimum Gasteiger partial charge on any atom is -0.481 e. The number of carbonyl (C=O) groups excluding carboxylic acids is 1. The molecule has 0 spiro atoms. The Kier molecular flexibility index (Phi) is 27.3. The highest BCUT2D eigenvalue weighted by Gasteiger charge is 2.13. The minimum absolute atomic E-state index is 0.0231. The summed E-state index contributed by atoms with van der Waals surface area (Å²) in [7, 11) is 0. The molecule has 0 fully saturated rings. The fourth-order valence-corrected chi connectivity index (χ4v) is 1.59. The Morgan fingerprint density at radius 1 is 0.487 bits per heavy atom. The largest absolute Gasteiger partial charge is 0.481 e. The Hall–Kier alpha value is -4.20. The van der Waals surface area contributed by atoms with E-state index in [2.05, 4.69) is 0 Å². The second-order valence-electron chi connectivity index (χ2n) is 7.25. The van der Waals surface area contributed by atoms with Gasteiger partial charge in [0, 0.05) is 19.3 Å². The minimum atomic E-state index is -1.58. The van der Waals surface area contributed by atoms with Crippen molar-refractivity contribution in [1.29, 1.82) is 0 Å². The van der Waals surface area contributed by atoms with Crippen LogP contribution >= 0.6 is 0 Å². The molecule has 19 heteroatoms. The number of carboxylic acids is 7. The Bertz CT molecular complexity index is 785. The van der Waals surface area contributed by atoms with Crippen LogP contribution in [-0.2, 0) is 38.4 Å². The fraction of sp³-hybridized carbons (Fsp3) is 0.600. The molecule has 0 saturated heterocycles. The summed E-state index contributed by atoms with van der Waals surface area (Å²) in [4.78, 5) is 79.5. The van der Waals surface area contributed by atoms with E-state index >= 15 is 0 Å². The van der Waals surface area contributed by atoms with Gasteiger partial charge in [-0.1, -0.05) is 0 Å². The third-order valence-corrected chi connectivity index (χ3v) is 3.81. The lowest BCUT2D eigenvalue weighted by atomic mass is 10.2. The van der Waals surface area contributed by atoms with Crippen LogP contribution < -0.4 is 22.9 Å². The molecule has 0 amide bonds. The maximum atomic E-state index is 10.2. The Labute approximate surface area is 221 Å². The van der Waals surface area contributed by atoms with E-state index < -0.39 is 78.5 Å². The van der Waals surface area contributed by atoms with Crippen LogP contribution in [-0.4, -0.2) is 108 Å². The third kappa shape index (κ3) is 36.0. The van der Waals surface area contributed by atoms with Gasteiger partial charge < -0.3 is 58.7 Å². The van der Waals surface area contributed by atoms with E-state index in [-0.39, 0.29) is 25.7 Å². The average molecular weight is 573 g/mol. The number of rotatable bonds is 16. The maximum absolute atomic E-state index is 10.2. The van der Waals surface area contributed by atoms with Crippen LogP contribution in [0.2, 0.25) is 0 Å². The van der Waals surface area contributed by atoms with Crippen LogP contribution in [0.1, 0.15) is 51.4 Å². The first-order valence-corrected chi connectivity index (χ1v) is 10.9. The van der Waals surface area contributed by atoms with E-state index in [9.17, 15) is 38.4 Å². The molecule has 0 aromatic rings. The molecule has 0 saturated carbocycles. The molecule has 0 aliphatic rings. The molecular weight excluding hydrogens is 536 g/mol. The van der Waals surface area contributed by atoms with Gasteiger partial charge in [0.05, 0.1) is 6.42 Å². The summed E-state index contributed by atoms with van der Waals surface area (Å²) in [5, 5.41) is 56.7. The van der Waals surface area contributed by atoms with Crippen molar-refractivity contribution in [3.63, 3.8) is 0 Å². The molecule has 0 aromatic heterocycles. The second kappa shape index (κ2) is 25.4. The molecule has 39 heavy (non-hydrogen) atoms. The summed E-state index contributed by atoms with van der Waals surface area (Å²) >= 11 is 0. The van der Waals surface area contributed by atoms with Crippen LogP contribution in [0.3, 0.4) is 0 Å². The molecule has 0 aliphatic heterocycles. The molecule has 3 atom stereocenters. The van der Waals surface area contributed by atoms with Crippen molar-refractivity contribution in [3.05, 3.63) is 0 Å². The molecular formula is C20H36N4O15. The standard InChI is InChI=1S/C5H12N2O2.2C5H9NO4.C5H6O5/c6-3-1-2-4(7)5(8)9;3*6-3(5(9)10)1-2-4(7)8/h4H,1-3,6-7H2,(H,8,9);2*3H,1-2,6H2,(H,7,8)(H,9,10);1-2H2,(H,7,8)(H,9,10)/t4-;2*3-;/m000./s1. The van der Waals surface area contributed by atoms with Gasteiger partial charge in [-0.3, -0.25) is 33.6 Å². The summed E-state index contributed by atoms with van der Waals surface area (Å²) in [6.07, 6.45) is -0.175. The van der Waals surface area contributed by atoms with Gasteiger partial charge in [0.2, 0.25) is 5.78 Å². The number of nitrogens with two attached hydrogens (primary N) is 4. The molecule has 0 radical (unpaired) electrons. The van der Waals surface area contributed by atoms with Gasteiger partial charge in [0.15, 0.2) is 0 Å². The van der Waals surface area contributed by atoms with Crippen molar-refractivity contribution >= 4 is 47.6 Å². The number of aliphatic carboxylic acids is 7. The molecule has 0 unspecified atom stereocenters. The first-order chi connectivity index (χ1) is 17.8. The van der Waals surface area contributed by atoms with Crippen molar-refractivity contribution in [2.45, 2.75) is 69.5 Å². The van der Waals surface area contributed by atoms with Crippen molar-refractivity contribution in [2.75, 3.05) is 6.54 Å². The molecule has 0 aromatic carbocycles. The van der Waals surface area contributed by atoms with E-state index in [0.717, 1.165) is 0 Å². The smallest absolute Gasteiger partial charge is 0.372 e. The van der Waals surface area contributed by atoms with Crippen molar-refractivity contribution in [2.24, 2.45) is 22.9 Å². The Balaban J connectivity index is -0.000000210. The van der Waals surface area contributed by atoms with E-state index in [1.165, 1.54) is 0 Å². The van der Waals surface area contributed by atoms with Crippen LogP contribution in [0.4, 0.5) is 0 Å². The quantitative estimate of drug-likeness (QED) is 0.0829. The number of Topliss-reactive ketones (excluding diaryl/α,β-unsaturated/α-hetero) is 1. The van der Waals surface area contributed by atoms with Gasteiger partial charge in [0.1, 0.15) is 18.1 Å². The molecule has 0 rings (SSSR count). The first-order valence-electron chi connectivity index (χ1n) is 10.9. The van der Waals surface area contributed by atoms with Crippen LogP contribution in [0.5, 0.6) is 0 Å². The van der Waals surface area contributed by atoms with Crippen molar-refractivity contribution in [1.82, 2.24) is 0 Å². The normalized spacial score (nSPS) is 11.7. The highest BCUT2D eigenvalue weighted by Crippen LogP contribution is 1.94. The lowest BCUT2D eigenvalue weighted by molar-refractivity contribution is -0.150.